The number of nitrogens with one attached hydrogen (secondary N) is 2. The molecule has 0 aliphatic heterocycles. The van der Waals surface area contributed by atoms with Crippen LogP contribution in [-0.2, 0) is 11.3 Å². The van der Waals surface area contributed by atoms with Gasteiger partial charge in [-0.05, 0) is 42.8 Å². The zero-order valence-corrected chi connectivity index (χ0v) is 15.6. The topological polar surface area (TPSA) is 87.7 Å². The zero-order chi connectivity index (χ0) is 19.8. The first-order valence-electron chi connectivity index (χ1n) is 8.55. The van der Waals surface area contributed by atoms with Gasteiger partial charge in [-0.1, -0.05) is 18.2 Å². The molecule has 7 nitrogen and oxygen atoms in total. The first-order chi connectivity index (χ1) is 12.9. The molecule has 3 amide bonds. The molecule has 0 radical (unpaired) electrons. The van der Waals surface area contributed by atoms with Crippen LogP contribution in [-0.4, -0.2) is 43.5 Å². The van der Waals surface area contributed by atoms with Crippen molar-refractivity contribution < 1.29 is 19.1 Å². The van der Waals surface area contributed by atoms with Crippen LogP contribution in [0.25, 0.3) is 0 Å². The first kappa shape index (κ1) is 20.0. The Bertz CT molecular complexity index is 818. The summed E-state index contributed by atoms with van der Waals surface area (Å²) in [7, 11) is 3.27. The van der Waals surface area contributed by atoms with E-state index in [1.807, 2.05) is 12.1 Å². The van der Waals surface area contributed by atoms with E-state index >= 15 is 0 Å². The molecule has 2 rings (SSSR count). The molecule has 2 aromatic carbocycles. The molecule has 2 aromatic rings. The summed E-state index contributed by atoms with van der Waals surface area (Å²) in [6.07, 6.45) is -0.563. The highest BCUT2D eigenvalue weighted by Gasteiger charge is 2.14. The second-order valence-corrected chi connectivity index (χ2v) is 5.86. The number of carbonyl (C=O) groups is 3. The third kappa shape index (κ3) is 5.57. The molecule has 0 saturated carbocycles. The van der Waals surface area contributed by atoms with E-state index in [4.69, 9.17) is 4.74 Å². The van der Waals surface area contributed by atoms with Crippen molar-refractivity contribution in [3.63, 3.8) is 0 Å². The van der Waals surface area contributed by atoms with Gasteiger partial charge in [0.05, 0.1) is 6.61 Å². The highest BCUT2D eigenvalue weighted by atomic mass is 16.5. The molecule has 0 unspecified atom stereocenters. The van der Waals surface area contributed by atoms with Crippen LogP contribution in [0.5, 0.6) is 0 Å². The number of amides is 3. The molecule has 0 saturated heterocycles. The lowest BCUT2D eigenvalue weighted by Gasteiger charge is -2.18. The van der Waals surface area contributed by atoms with Crippen molar-refractivity contribution in [1.29, 1.82) is 0 Å². The predicted molar refractivity (Wildman–Crippen MR) is 103 cm³/mol. The van der Waals surface area contributed by atoms with E-state index in [9.17, 15) is 14.4 Å². The summed E-state index contributed by atoms with van der Waals surface area (Å²) < 4.78 is 4.83. The average Bonchev–Trinajstić information content (AvgIpc) is 2.67. The van der Waals surface area contributed by atoms with E-state index in [2.05, 4.69) is 10.6 Å². The molecule has 142 valence electrons. The van der Waals surface area contributed by atoms with Crippen LogP contribution in [0.15, 0.2) is 48.5 Å². The Balaban J connectivity index is 2.04. The largest absolute Gasteiger partial charge is 0.450 e. The first-order valence-corrected chi connectivity index (χ1v) is 8.55. The number of hydrogen-bond donors (Lipinski definition) is 2. The molecule has 0 aliphatic rings. The molecule has 0 bridgehead atoms. The molecule has 0 spiro atoms. The smallest absolute Gasteiger partial charge is 0.411 e. The van der Waals surface area contributed by atoms with Crippen molar-refractivity contribution in [2.45, 2.75) is 13.5 Å². The van der Waals surface area contributed by atoms with Gasteiger partial charge in [0, 0.05) is 37.5 Å². The maximum Gasteiger partial charge on any atom is 0.411 e. The van der Waals surface area contributed by atoms with Crippen LogP contribution in [0, 0.1) is 0 Å². The average molecular weight is 369 g/mol. The third-order valence-corrected chi connectivity index (χ3v) is 3.84. The van der Waals surface area contributed by atoms with Gasteiger partial charge in [-0.2, -0.15) is 0 Å². The van der Waals surface area contributed by atoms with Gasteiger partial charge in [0.2, 0.25) is 0 Å². The number of benzene rings is 2. The summed E-state index contributed by atoms with van der Waals surface area (Å²) in [5.74, 6) is -0.338. The number of carbonyl (C=O) groups excluding carboxylic acids is 3. The monoisotopic (exact) mass is 369 g/mol. The van der Waals surface area contributed by atoms with Gasteiger partial charge in [-0.25, -0.2) is 4.79 Å². The lowest BCUT2D eigenvalue weighted by Crippen LogP contribution is -2.26. The fraction of sp³-hybridized carbons (Fsp3) is 0.250. The molecule has 0 heterocycles. The maximum absolute atomic E-state index is 12.7. The molecule has 2 N–H and O–H groups in total. The van der Waals surface area contributed by atoms with Crippen LogP contribution in [0.4, 0.5) is 10.5 Å². The molecular formula is C20H23N3O4. The molecule has 0 aromatic heterocycles. The van der Waals surface area contributed by atoms with Crippen LogP contribution >= 0.6 is 0 Å². The standard InChI is InChI=1S/C20H23N3O4/c1-4-27-20(26)22-17-7-5-6-16(12-17)19(25)23(3)13-14-8-10-15(11-9-14)18(24)21-2/h5-12H,4,13H2,1-3H3,(H,21,24)(H,22,26). The van der Waals surface area contributed by atoms with Crippen LogP contribution in [0.1, 0.15) is 33.2 Å². The predicted octanol–water partition coefficient (Wildman–Crippen LogP) is 2.89. The SMILES string of the molecule is CCOC(=O)Nc1cccc(C(=O)N(C)Cc2ccc(C(=O)NC)cc2)c1. The van der Waals surface area contributed by atoms with E-state index < -0.39 is 6.09 Å². The van der Waals surface area contributed by atoms with Gasteiger partial charge in [-0.15, -0.1) is 0 Å². The summed E-state index contributed by atoms with van der Waals surface area (Å²) >= 11 is 0. The van der Waals surface area contributed by atoms with Gasteiger partial charge in [0.25, 0.3) is 11.8 Å². The number of anilines is 1. The quantitative estimate of drug-likeness (QED) is 0.820. The fourth-order valence-electron chi connectivity index (χ4n) is 2.49. The number of rotatable bonds is 6. The zero-order valence-electron chi connectivity index (χ0n) is 15.6. The summed E-state index contributed by atoms with van der Waals surface area (Å²) in [4.78, 5) is 37.3. The van der Waals surface area contributed by atoms with E-state index in [1.54, 1.807) is 62.3 Å². The van der Waals surface area contributed by atoms with Crippen molar-refractivity contribution in [2.24, 2.45) is 0 Å². The minimum Gasteiger partial charge on any atom is -0.450 e. The molecule has 7 heteroatoms. The van der Waals surface area contributed by atoms with Gasteiger partial charge < -0.3 is 15.0 Å². The van der Waals surface area contributed by atoms with E-state index in [-0.39, 0.29) is 18.4 Å². The van der Waals surface area contributed by atoms with Crippen molar-refractivity contribution in [1.82, 2.24) is 10.2 Å². The summed E-state index contributed by atoms with van der Waals surface area (Å²) in [6, 6.07) is 13.7. The maximum atomic E-state index is 12.7. The molecule has 0 fully saturated rings. The van der Waals surface area contributed by atoms with E-state index in [1.165, 1.54) is 0 Å². The minimum absolute atomic E-state index is 0.156. The Hall–Kier alpha value is -3.35. The van der Waals surface area contributed by atoms with Gasteiger partial charge in [0.1, 0.15) is 0 Å². The van der Waals surface area contributed by atoms with E-state index in [0.717, 1.165) is 5.56 Å². The Morgan fingerprint density at radius 1 is 1.04 bits per heavy atom. The Morgan fingerprint density at radius 3 is 2.37 bits per heavy atom. The normalized spacial score (nSPS) is 10.0. The fourth-order valence-corrected chi connectivity index (χ4v) is 2.49. The molecule has 27 heavy (non-hydrogen) atoms. The highest BCUT2D eigenvalue weighted by molar-refractivity contribution is 5.96. The second-order valence-electron chi connectivity index (χ2n) is 5.86. The Labute approximate surface area is 158 Å². The Kier molecular flexibility index (Phi) is 6.93. The second kappa shape index (κ2) is 9.38. The summed E-state index contributed by atoms with van der Waals surface area (Å²) in [5, 5.41) is 5.14. The number of ether oxygens (including phenoxy) is 1. The van der Waals surface area contributed by atoms with Gasteiger partial charge in [-0.3, -0.25) is 14.9 Å². The lowest BCUT2D eigenvalue weighted by atomic mass is 10.1. The minimum atomic E-state index is -0.563. The van der Waals surface area contributed by atoms with Gasteiger partial charge >= 0.3 is 6.09 Å². The van der Waals surface area contributed by atoms with Crippen LogP contribution in [0.3, 0.4) is 0 Å². The van der Waals surface area contributed by atoms with Crippen LogP contribution in [0.2, 0.25) is 0 Å². The molecule has 0 aliphatic carbocycles. The molecule has 0 atom stereocenters. The van der Waals surface area contributed by atoms with E-state index in [0.29, 0.717) is 23.4 Å². The van der Waals surface area contributed by atoms with Crippen molar-refractivity contribution in [3.8, 4) is 0 Å². The number of hydrogen-bond acceptors (Lipinski definition) is 4. The van der Waals surface area contributed by atoms with Crippen LogP contribution < -0.4 is 10.6 Å². The number of nitrogens with zero attached hydrogens (tertiary/aromatic N) is 1. The van der Waals surface area contributed by atoms with Crippen molar-refractivity contribution in [3.05, 3.63) is 65.2 Å². The Morgan fingerprint density at radius 2 is 1.74 bits per heavy atom. The van der Waals surface area contributed by atoms with Crippen molar-refractivity contribution >= 4 is 23.6 Å². The van der Waals surface area contributed by atoms with Crippen molar-refractivity contribution in [2.75, 3.05) is 26.0 Å². The molecular weight excluding hydrogens is 346 g/mol. The highest BCUT2D eigenvalue weighted by Crippen LogP contribution is 2.14. The van der Waals surface area contributed by atoms with Gasteiger partial charge in [0.15, 0.2) is 0 Å². The summed E-state index contributed by atoms with van der Waals surface area (Å²) in [6.45, 7) is 2.38. The third-order valence-electron chi connectivity index (χ3n) is 3.84. The summed E-state index contributed by atoms with van der Waals surface area (Å²) in [5.41, 5.74) is 2.41. The lowest BCUT2D eigenvalue weighted by molar-refractivity contribution is 0.0784.